The molecule has 0 aliphatic rings. The fourth-order valence-corrected chi connectivity index (χ4v) is 2.93. The van der Waals surface area contributed by atoms with Crippen LogP contribution in [0.4, 0.5) is 18.9 Å². The molecule has 29 heavy (non-hydrogen) atoms. The molecule has 0 aliphatic heterocycles. The third kappa shape index (κ3) is 6.61. The van der Waals surface area contributed by atoms with Gasteiger partial charge in [-0.3, -0.25) is 14.9 Å². The number of hydrogen-bond donors (Lipinski definition) is 1. The topological polar surface area (TPSA) is 116 Å². The van der Waals surface area contributed by atoms with Crippen molar-refractivity contribution < 1.29 is 36.0 Å². The zero-order valence-electron chi connectivity index (χ0n) is 14.5. The van der Waals surface area contributed by atoms with Crippen molar-refractivity contribution in [2.45, 2.75) is 12.6 Å². The molecule has 0 heterocycles. The van der Waals surface area contributed by atoms with Crippen LogP contribution in [0.15, 0.2) is 36.4 Å². The molecule has 0 bridgehead atoms. The molecule has 2 aromatic rings. The van der Waals surface area contributed by atoms with Gasteiger partial charge < -0.3 is 4.74 Å². The lowest BCUT2D eigenvalue weighted by atomic mass is 10.1. The summed E-state index contributed by atoms with van der Waals surface area (Å²) in [7, 11) is -3.99. The maximum Gasteiger partial charge on any atom is 0.393 e. The molecule has 0 aromatic heterocycles. The number of nitro benzene ring substituents is 1. The van der Waals surface area contributed by atoms with E-state index in [1.54, 1.807) is 4.72 Å². The number of sulfonamides is 1. The lowest BCUT2D eigenvalue weighted by Gasteiger charge is -2.12. The highest BCUT2D eigenvalue weighted by atomic mass is 35.5. The number of alkyl halides is 3. The van der Waals surface area contributed by atoms with Gasteiger partial charge in [-0.25, -0.2) is 13.1 Å². The van der Waals surface area contributed by atoms with Gasteiger partial charge in [0.25, 0.3) is 11.6 Å². The van der Waals surface area contributed by atoms with Crippen molar-refractivity contribution in [2.75, 3.05) is 6.26 Å². The molecular weight excluding hydrogens is 441 g/mol. The second-order valence-electron chi connectivity index (χ2n) is 5.80. The number of ether oxygens (including phenoxy) is 1. The summed E-state index contributed by atoms with van der Waals surface area (Å²) < 4.78 is 66.8. The van der Waals surface area contributed by atoms with Crippen LogP contribution < -0.4 is 9.46 Å². The van der Waals surface area contributed by atoms with Crippen molar-refractivity contribution in [1.29, 1.82) is 0 Å². The van der Waals surface area contributed by atoms with Gasteiger partial charge in [0.1, 0.15) is 17.1 Å². The fraction of sp³-hybridized carbons (Fsp3) is 0.188. The number of nitrogens with one attached hydrogen (secondary N) is 1. The van der Waals surface area contributed by atoms with Crippen LogP contribution in [0.3, 0.4) is 0 Å². The Hall–Kier alpha value is -2.86. The van der Waals surface area contributed by atoms with Gasteiger partial charge in [0.2, 0.25) is 10.0 Å². The Morgan fingerprint density at radius 3 is 2.41 bits per heavy atom. The second-order valence-corrected chi connectivity index (χ2v) is 7.95. The Morgan fingerprint density at radius 2 is 1.90 bits per heavy atom. The maximum absolute atomic E-state index is 12.5. The number of rotatable bonds is 6. The van der Waals surface area contributed by atoms with Crippen LogP contribution in [-0.2, 0) is 16.4 Å². The monoisotopic (exact) mass is 452 g/mol. The number of carbonyl (C=O) groups excluding carboxylic acids is 1. The van der Waals surface area contributed by atoms with Crippen molar-refractivity contribution in [3.05, 3.63) is 62.7 Å². The summed E-state index contributed by atoms with van der Waals surface area (Å²) in [6.45, 7) is 0. The number of nitrogens with zero attached hydrogens (tertiary/aromatic N) is 1. The smallest absolute Gasteiger partial charge is 0.393 e. The number of carbonyl (C=O) groups is 1. The fourth-order valence-electron chi connectivity index (χ4n) is 2.24. The molecule has 0 saturated heterocycles. The zero-order valence-corrected chi connectivity index (χ0v) is 16.1. The predicted molar refractivity (Wildman–Crippen MR) is 96.7 cm³/mol. The van der Waals surface area contributed by atoms with Gasteiger partial charge in [0, 0.05) is 12.1 Å². The first-order valence-electron chi connectivity index (χ1n) is 7.59. The van der Waals surface area contributed by atoms with E-state index in [0.717, 1.165) is 30.3 Å². The van der Waals surface area contributed by atoms with Gasteiger partial charge in [-0.2, -0.15) is 13.2 Å². The Balaban J connectivity index is 2.35. The van der Waals surface area contributed by atoms with Crippen LogP contribution in [0.2, 0.25) is 5.02 Å². The first kappa shape index (κ1) is 22.4. The lowest BCUT2D eigenvalue weighted by Crippen LogP contribution is -2.29. The molecule has 0 radical (unpaired) electrons. The molecule has 8 nitrogen and oxygen atoms in total. The summed E-state index contributed by atoms with van der Waals surface area (Å²) >= 11 is 5.92. The van der Waals surface area contributed by atoms with Crippen molar-refractivity contribution in [3.63, 3.8) is 0 Å². The Morgan fingerprint density at radius 1 is 1.24 bits per heavy atom. The molecule has 1 amide bonds. The summed E-state index contributed by atoms with van der Waals surface area (Å²) in [5.74, 6) is -1.45. The number of amides is 1. The van der Waals surface area contributed by atoms with Crippen LogP contribution in [0.5, 0.6) is 11.5 Å². The number of nitro groups is 1. The molecule has 0 aliphatic carbocycles. The molecule has 0 spiro atoms. The van der Waals surface area contributed by atoms with Gasteiger partial charge in [-0.05, 0) is 23.8 Å². The molecular formula is C16H12ClF3N2O6S. The van der Waals surface area contributed by atoms with E-state index in [2.05, 4.69) is 0 Å². The van der Waals surface area contributed by atoms with Crippen molar-refractivity contribution in [1.82, 2.24) is 4.72 Å². The first-order valence-corrected chi connectivity index (χ1v) is 9.86. The maximum atomic E-state index is 12.5. The molecule has 0 atom stereocenters. The minimum Gasteiger partial charge on any atom is -0.456 e. The molecule has 156 valence electrons. The van der Waals surface area contributed by atoms with E-state index in [0.29, 0.717) is 6.26 Å². The Bertz CT molecular complexity index is 1070. The zero-order chi connectivity index (χ0) is 22.0. The summed E-state index contributed by atoms with van der Waals surface area (Å²) in [5, 5.41) is 10.9. The van der Waals surface area contributed by atoms with Gasteiger partial charge >= 0.3 is 6.18 Å². The average Bonchev–Trinajstić information content (AvgIpc) is 2.54. The molecule has 2 aromatic carbocycles. The standard InChI is InChI=1S/C16H12ClF3N2O6S/c1-29(26,27)21-15(23)11-7-10(3-4-13(11)22(24)25)28-14-5-2-9(6-12(14)17)8-16(18,19)20/h2-7H,8H2,1H3,(H,21,23). The SMILES string of the molecule is CS(=O)(=O)NC(=O)c1cc(Oc2ccc(CC(F)(F)F)cc2Cl)ccc1[N+](=O)[O-]. The van der Waals surface area contributed by atoms with Crippen LogP contribution in [-0.4, -0.2) is 31.7 Å². The van der Waals surface area contributed by atoms with Crippen LogP contribution in [0, 0.1) is 10.1 Å². The van der Waals surface area contributed by atoms with E-state index in [9.17, 15) is 36.5 Å². The molecule has 0 saturated carbocycles. The van der Waals surface area contributed by atoms with Crippen LogP contribution in [0.1, 0.15) is 15.9 Å². The van der Waals surface area contributed by atoms with Crippen molar-refractivity contribution in [2.24, 2.45) is 0 Å². The average molecular weight is 453 g/mol. The quantitative estimate of drug-likeness (QED) is 0.526. The van der Waals surface area contributed by atoms with E-state index in [4.69, 9.17) is 16.3 Å². The molecule has 0 fully saturated rings. The van der Waals surface area contributed by atoms with E-state index < -0.39 is 44.7 Å². The van der Waals surface area contributed by atoms with Gasteiger partial charge in [0.05, 0.1) is 22.6 Å². The van der Waals surface area contributed by atoms with E-state index in [1.165, 1.54) is 6.07 Å². The molecule has 1 N–H and O–H groups in total. The molecule has 2 rings (SSSR count). The predicted octanol–water partition coefficient (Wildman–Crippen LogP) is 3.83. The molecule has 13 heteroatoms. The summed E-state index contributed by atoms with van der Waals surface area (Å²) in [5.41, 5.74) is -1.38. The first-order chi connectivity index (χ1) is 13.2. The largest absolute Gasteiger partial charge is 0.456 e. The number of benzene rings is 2. The van der Waals surface area contributed by atoms with E-state index in [-0.39, 0.29) is 22.1 Å². The summed E-state index contributed by atoms with van der Waals surface area (Å²) in [6, 6.07) is 6.30. The van der Waals surface area contributed by atoms with Gasteiger partial charge in [0.15, 0.2) is 0 Å². The third-order valence-electron chi connectivity index (χ3n) is 3.32. The lowest BCUT2D eigenvalue weighted by molar-refractivity contribution is -0.385. The van der Waals surface area contributed by atoms with E-state index in [1.807, 2.05) is 0 Å². The third-order valence-corrected chi connectivity index (χ3v) is 4.17. The number of halogens is 4. The number of hydrogen-bond acceptors (Lipinski definition) is 6. The van der Waals surface area contributed by atoms with E-state index >= 15 is 0 Å². The highest BCUT2D eigenvalue weighted by Gasteiger charge is 2.28. The Labute approximate surface area is 167 Å². The van der Waals surface area contributed by atoms with Gasteiger partial charge in [-0.15, -0.1) is 0 Å². The summed E-state index contributed by atoms with van der Waals surface area (Å²) in [4.78, 5) is 22.3. The Kier molecular flexibility index (Phi) is 6.38. The second kappa shape index (κ2) is 8.25. The molecule has 0 unspecified atom stereocenters. The minimum absolute atomic E-state index is 0.0686. The van der Waals surface area contributed by atoms with Crippen molar-refractivity contribution >= 4 is 33.2 Å². The van der Waals surface area contributed by atoms with Crippen LogP contribution in [0.25, 0.3) is 0 Å². The summed E-state index contributed by atoms with van der Waals surface area (Å²) in [6.07, 6.45) is -4.92. The van der Waals surface area contributed by atoms with Crippen molar-refractivity contribution in [3.8, 4) is 11.5 Å². The highest BCUT2D eigenvalue weighted by molar-refractivity contribution is 7.89. The van der Waals surface area contributed by atoms with Gasteiger partial charge in [-0.1, -0.05) is 17.7 Å². The highest BCUT2D eigenvalue weighted by Crippen LogP contribution is 2.34. The van der Waals surface area contributed by atoms with Crippen LogP contribution >= 0.6 is 11.6 Å². The minimum atomic E-state index is -4.42. The normalized spacial score (nSPS) is 11.8.